The second-order valence-electron chi connectivity index (χ2n) is 7.14. The zero-order valence-corrected chi connectivity index (χ0v) is 16.7. The van der Waals surface area contributed by atoms with Crippen molar-refractivity contribution in [1.29, 1.82) is 0 Å². The fraction of sp³-hybridized carbons (Fsp3) is 0.130. The monoisotopic (exact) mass is 418 g/mol. The highest BCUT2D eigenvalue weighted by Gasteiger charge is 2.14. The molecule has 0 bridgehead atoms. The molecule has 0 aliphatic rings. The number of pyridine rings is 1. The van der Waals surface area contributed by atoms with Gasteiger partial charge in [0.15, 0.2) is 0 Å². The lowest BCUT2D eigenvalue weighted by Gasteiger charge is -2.12. The number of fused-ring (bicyclic) bond motifs is 1. The molecule has 0 atom stereocenters. The summed E-state index contributed by atoms with van der Waals surface area (Å²) in [6.07, 6.45) is 3.31. The van der Waals surface area contributed by atoms with E-state index in [2.05, 4.69) is 10.3 Å². The maximum atomic E-state index is 13.2. The average Bonchev–Trinajstić information content (AvgIpc) is 2.80. The van der Waals surface area contributed by atoms with Crippen LogP contribution >= 0.6 is 0 Å². The lowest BCUT2D eigenvalue weighted by atomic mass is 10.1. The van der Waals surface area contributed by atoms with Crippen LogP contribution in [0.25, 0.3) is 10.9 Å². The number of hydrogen-bond acceptors (Lipinski definition) is 4. The standard InChI is InChI=1S/C23H19FN4O3/c1-27-20-9-6-17(21(29)26-13-16-3-2-10-25-12-16)11-19(20)22(30)28(23(27)31)14-15-4-7-18(24)8-5-15/h2-12H,13-14H2,1H3,(H,26,29). The smallest absolute Gasteiger partial charge is 0.331 e. The molecule has 0 aliphatic carbocycles. The number of hydrogen-bond donors (Lipinski definition) is 1. The van der Waals surface area contributed by atoms with Gasteiger partial charge >= 0.3 is 5.69 Å². The Balaban J connectivity index is 1.69. The van der Waals surface area contributed by atoms with Crippen LogP contribution in [0.5, 0.6) is 0 Å². The van der Waals surface area contributed by atoms with Crippen molar-refractivity contribution in [2.24, 2.45) is 7.05 Å². The Kier molecular flexibility index (Phi) is 5.44. The molecule has 0 unspecified atom stereocenters. The number of halogens is 1. The molecular weight excluding hydrogens is 399 g/mol. The zero-order chi connectivity index (χ0) is 22.0. The third-order valence-electron chi connectivity index (χ3n) is 5.04. The molecule has 7 nitrogen and oxygen atoms in total. The lowest BCUT2D eigenvalue weighted by molar-refractivity contribution is 0.0951. The van der Waals surface area contributed by atoms with Gasteiger partial charge in [-0.25, -0.2) is 9.18 Å². The van der Waals surface area contributed by atoms with E-state index in [1.54, 1.807) is 37.6 Å². The van der Waals surface area contributed by atoms with Crippen molar-refractivity contribution in [3.05, 3.63) is 110 Å². The van der Waals surface area contributed by atoms with E-state index in [1.165, 1.54) is 34.9 Å². The Morgan fingerprint density at radius 3 is 2.55 bits per heavy atom. The fourth-order valence-electron chi connectivity index (χ4n) is 3.36. The molecule has 2 aromatic carbocycles. The van der Waals surface area contributed by atoms with Crippen molar-refractivity contribution in [2.45, 2.75) is 13.1 Å². The predicted molar refractivity (Wildman–Crippen MR) is 114 cm³/mol. The molecule has 4 rings (SSSR count). The lowest BCUT2D eigenvalue weighted by Crippen LogP contribution is -2.39. The summed E-state index contributed by atoms with van der Waals surface area (Å²) in [6, 6.07) is 13.9. The third-order valence-corrected chi connectivity index (χ3v) is 5.04. The summed E-state index contributed by atoms with van der Waals surface area (Å²) in [6.45, 7) is 0.298. The minimum absolute atomic E-state index is 0.000835. The third kappa shape index (κ3) is 4.13. The first-order valence-electron chi connectivity index (χ1n) is 9.59. The minimum Gasteiger partial charge on any atom is -0.348 e. The Bertz CT molecular complexity index is 1380. The van der Waals surface area contributed by atoms with Crippen LogP contribution in [0.1, 0.15) is 21.5 Å². The van der Waals surface area contributed by atoms with Crippen LogP contribution in [0, 0.1) is 5.82 Å². The van der Waals surface area contributed by atoms with Crippen LogP contribution in [0.4, 0.5) is 4.39 Å². The first kappa shape index (κ1) is 20.2. The maximum Gasteiger partial charge on any atom is 0.331 e. The van der Waals surface area contributed by atoms with E-state index in [1.807, 2.05) is 6.07 Å². The first-order chi connectivity index (χ1) is 14.9. The van der Waals surface area contributed by atoms with Crippen LogP contribution < -0.4 is 16.6 Å². The van der Waals surface area contributed by atoms with Crippen LogP contribution in [0.3, 0.4) is 0 Å². The first-order valence-corrected chi connectivity index (χ1v) is 9.59. The predicted octanol–water partition coefficient (Wildman–Crippen LogP) is 2.21. The van der Waals surface area contributed by atoms with E-state index in [0.717, 1.165) is 10.1 Å². The zero-order valence-electron chi connectivity index (χ0n) is 16.7. The molecule has 0 aliphatic heterocycles. The quantitative estimate of drug-likeness (QED) is 0.539. The number of carbonyl (C=O) groups excluding carboxylic acids is 1. The highest BCUT2D eigenvalue weighted by molar-refractivity contribution is 5.97. The highest BCUT2D eigenvalue weighted by Crippen LogP contribution is 2.12. The summed E-state index contributed by atoms with van der Waals surface area (Å²) in [5.74, 6) is -0.742. The molecule has 31 heavy (non-hydrogen) atoms. The van der Waals surface area contributed by atoms with Gasteiger partial charge in [-0.2, -0.15) is 0 Å². The molecular formula is C23H19FN4O3. The molecule has 0 spiro atoms. The summed E-state index contributed by atoms with van der Waals surface area (Å²) < 4.78 is 15.6. The number of aromatic nitrogens is 3. The minimum atomic E-state index is -0.510. The van der Waals surface area contributed by atoms with Crippen molar-refractivity contribution in [3.63, 3.8) is 0 Å². The molecule has 0 saturated carbocycles. The molecule has 0 radical (unpaired) electrons. The average molecular weight is 418 g/mol. The number of nitrogens with one attached hydrogen (secondary N) is 1. The van der Waals surface area contributed by atoms with Gasteiger partial charge in [0.25, 0.3) is 11.5 Å². The Labute approximate surface area is 176 Å². The van der Waals surface area contributed by atoms with E-state index < -0.39 is 17.1 Å². The number of benzene rings is 2. The molecule has 0 saturated heterocycles. The van der Waals surface area contributed by atoms with Gasteiger partial charge in [-0.3, -0.25) is 23.7 Å². The number of carbonyl (C=O) groups is 1. The van der Waals surface area contributed by atoms with Crippen LogP contribution in [0.15, 0.2) is 76.6 Å². The van der Waals surface area contributed by atoms with Crippen LogP contribution in [-0.4, -0.2) is 20.0 Å². The van der Waals surface area contributed by atoms with Gasteiger partial charge in [-0.15, -0.1) is 0 Å². The molecule has 0 fully saturated rings. The van der Waals surface area contributed by atoms with Crippen molar-refractivity contribution in [1.82, 2.24) is 19.4 Å². The largest absolute Gasteiger partial charge is 0.348 e. The van der Waals surface area contributed by atoms with Crippen molar-refractivity contribution >= 4 is 16.8 Å². The molecule has 1 amide bonds. The van der Waals surface area contributed by atoms with E-state index in [-0.39, 0.29) is 17.8 Å². The maximum absolute atomic E-state index is 13.2. The Morgan fingerprint density at radius 2 is 1.84 bits per heavy atom. The van der Waals surface area contributed by atoms with Gasteiger partial charge in [0.2, 0.25) is 0 Å². The van der Waals surface area contributed by atoms with Gasteiger partial charge in [0.1, 0.15) is 5.82 Å². The highest BCUT2D eigenvalue weighted by atomic mass is 19.1. The Hall–Kier alpha value is -4.07. The van der Waals surface area contributed by atoms with Gasteiger partial charge in [0, 0.05) is 31.5 Å². The van der Waals surface area contributed by atoms with Gasteiger partial charge in [0.05, 0.1) is 17.4 Å². The SMILES string of the molecule is Cn1c(=O)n(Cc2ccc(F)cc2)c(=O)c2cc(C(=O)NCc3cccnc3)ccc21. The molecule has 2 aromatic heterocycles. The normalized spacial score (nSPS) is 10.9. The van der Waals surface area contributed by atoms with E-state index in [0.29, 0.717) is 23.2 Å². The summed E-state index contributed by atoms with van der Waals surface area (Å²) >= 11 is 0. The van der Waals surface area contributed by atoms with Crippen LogP contribution in [-0.2, 0) is 20.1 Å². The second-order valence-corrected chi connectivity index (χ2v) is 7.14. The van der Waals surface area contributed by atoms with Gasteiger partial charge in [-0.05, 0) is 47.5 Å². The van der Waals surface area contributed by atoms with E-state index in [4.69, 9.17) is 0 Å². The van der Waals surface area contributed by atoms with Crippen LogP contribution in [0.2, 0.25) is 0 Å². The van der Waals surface area contributed by atoms with E-state index >= 15 is 0 Å². The summed E-state index contributed by atoms with van der Waals surface area (Å²) in [5.41, 5.74) is 1.19. The summed E-state index contributed by atoms with van der Waals surface area (Å²) in [7, 11) is 1.56. The number of rotatable bonds is 5. The molecule has 1 N–H and O–H groups in total. The number of nitrogens with zero attached hydrogens (tertiary/aromatic N) is 3. The van der Waals surface area contributed by atoms with Crippen molar-refractivity contribution in [2.75, 3.05) is 0 Å². The van der Waals surface area contributed by atoms with E-state index in [9.17, 15) is 18.8 Å². The molecule has 2 heterocycles. The molecule has 156 valence electrons. The van der Waals surface area contributed by atoms with Crippen molar-refractivity contribution in [3.8, 4) is 0 Å². The number of amides is 1. The summed E-state index contributed by atoms with van der Waals surface area (Å²) in [4.78, 5) is 42.4. The summed E-state index contributed by atoms with van der Waals surface area (Å²) in [5, 5.41) is 3.04. The topological polar surface area (TPSA) is 86.0 Å². The van der Waals surface area contributed by atoms with Crippen molar-refractivity contribution < 1.29 is 9.18 Å². The number of aryl methyl sites for hydroxylation is 1. The van der Waals surface area contributed by atoms with Gasteiger partial charge in [-0.1, -0.05) is 18.2 Å². The molecule has 4 aromatic rings. The fourth-order valence-corrected chi connectivity index (χ4v) is 3.36. The van der Waals surface area contributed by atoms with Gasteiger partial charge < -0.3 is 5.32 Å². The Morgan fingerprint density at radius 1 is 1.06 bits per heavy atom. The second kappa shape index (κ2) is 8.35. The molecule has 8 heteroatoms.